The average molecular weight is 468 g/mol. The molecule has 0 unspecified atom stereocenters. The number of carbonyl (C=O) groups excluding carboxylic acids is 3. The number of rotatable bonds is 6. The van der Waals surface area contributed by atoms with Crippen molar-refractivity contribution in [3.63, 3.8) is 0 Å². The van der Waals surface area contributed by atoms with Gasteiger partial charge in [0.1, 0.15) is 18.1 Å². The van der Waals surface area contributed by atoms with E-state index in [9.17, 15) is 19.5 Å². The third-order valence-electron chi connectivity index (χ3n) is 5.42. The molecule has 0 spiro atoms. The van der Waals surface area contributed by atoms with Crippen molar-refractivity contribution in [2.45, 2.75) is 12.2 Å². The van der Waals surface area contributed by atoms with Crippen LogP contribution in [0.3, 0.4) is 0 Å². The Labute approximate surface area is 194 Å². The van der Waals surface area contributed by atoms with Crippen molar-refractivity contribution in [3.8, 4) is 0 Å². The first-order chi connectivity index (χ1) is 16.3. The summed E-state index contributed by atoms with van der Waals surface area (Å²) in [6.07, 6.45) is -1.89. The summed E-state index contributed by atoms with van der Waals surface area (Å²) in [5.74, 6) is -1.82. The van der Waals surface area contributed by atoms with Crippen molar-refractivity contribution in [1.82, 2.24) is 4.98 Å². The minimum Gasteiger partial charge on any atom is -0.382 e. The van der Waals surface area contributed by atoms with E-state index in [-0.39, 0.29) is 42.9 Å². The van der Waals surface area contributed by atoms with Crippen molar-refractivity contribution in [3.05, 3.63) is 48.3 Å². The zero-order valence-electron chi connectivity index (χ0n) is 18.1. The Morgan fingerprint density at radius 3 is 2.59 bits per heavy atom. The minimum atomic E-state index is -1.77. The number of morpholine rings is 2. The number of hydrogen-bond donors (Lipinski definition) is 4. The van der Waals surface area contributed by atoms with Gasteiger partial charge in [0.2, 0.25) is 0 Å². The molecule has 2 fully saturated rings. The standard InChI is InChI=1S/C22H24N6O6/c23-20(24)16-5-4-13(11-25-16)26-21(31)18(30)19-22(32)28(7-9-34-19)15-3-1-2-14(10-15)27-6-8-33-12-17(27)29/h1-5,10-11,18-19,30H,6-9,12H2,(H3,23,24)(H,26,31)/t18-,19-/m1/s1. The molecule has 2 atom stereocenters. The van der Waals surface area contributed by atoms with Gasteiger partial charge < -0.3 is 35.4 Å². The highest BCUT2D eigenvalue weighted by Gasteiger charge is 2.39. The molecule has 2 saturated heterocycles. The first-order valence-corrected chi connectivity index (χ1v) is 10.6. The van der Waals surface area contributed by atoms with Crippen LogP contribution in [0.1, 0.15) is 5.69 Å². The zero-order valence-corrected chi connectivity index (χ0v) is 18.1. The van der Waals surface area contributed by atoms with E-state index in [1.165, 1.54) is 23.2 Å². The number of ether oxygens (including phenoxy) is 2. The predicted molar refractivity (Wildman–Crippen MR) is 122 cm³/mol. The van der Waals surface area contributed by atoms with E-state index in [0.29, 0.717) is 24.5 Å². The van der Waals surface area contributed by atoms with Crippen molar-refractivity contribution in [2.24, 2.45) is 5.73 Å². The van der Waals surface area contributed by atoms with Crippen LogP contribution in [0.4, 0.5) is 17.1 Å². The Hall–Kier alpha value is -3.87. The number of aromatic nitrogens is 1. The van der Waals surface area contributed by atoms with Gasteiger partial charge in [-0.2, -0.15) is 0 Å². The maximum Gasteiger partial charge on any atom is 0.259 e. The molecule has 12 nitrogen and oxygen atoms in total. The lowest BCUT2D eigenvalue weighted by Crippen LogP contribution is -2.55. The number of nitrogens with one attached hydrogen (secondary N) is 2. The van der Waals surface area contributed by atoms with Crippen LogP contribution in [0.25, 0.3) is 0 Å². The molecule has 2 aliphatic rings. The highest BCUT2D eigenvalue weighted by molar-refractivity contribution is 6.04. The minimum absolute atomic E-state index is 0.00289. The van der Waals surface area contributed by atoms with E-state index in [4.69, 9.17) is 20.6 Å². The van der Waals surface area contributed by atoms with E-state index < -0.39 is 24.0 Å². The fraction of sp³-hybridized carbons (Fsp3) is 0.318. The summed E-state index contributed by atoms with van der Waals surface area (Å²) in [5.41, 5.74) is 7.00. The van der Waals surface area contributed by atoms with Gasteiger partial charge in [-0.15, -0.1) is 0 Å². The smallest absolute Gasteiger partial charge is 0.259 e. The SMILES string of the molecule is N=C(N)c1ccc(NC(=O)[C@H](O)[C@H]2OCCN(c3cccc(N4CCOCC4=O)c3)C2=O)cn1. The predicted octanol–water partition coefficient (Wildman–Crippen LogP) is -0.540. The Kier molecular flexibility index (Phi) is 6.82. The molecular formula is C22H24N6O6. The van der Waals surface area contributed by atoms with Crippen LogP contribution in [0, 0.1) is 5.41 Å². The molecule has 178 valence electrons. The first kappa shape index (κ1) is 23.3. The molecular weight excluding hydrogens is 444 g/mol. The van der Waals surface area contributed by atoms with Crippen LogP contribution in [-0.4, -0.2) is 78.8 Å². The lowest BCUT2D eigenvalue weighted by atomic mass is 10.1. The number of benzene rings is 1. The van der Waals surface area contributed by atoms with Crippen LogP contribution in [0.2, 0.25) is 0 Å². The maximum absolute atomic E-state index is 13.1. The summed E-state index contributed by atoms with van der Waals surface area (Å²) in [6.45, 7) is 1.15. The van der Waals surface area contributed by atoms with Crippen molar-refractivity contribution < 1.29 is 29.0 Å². The Morgan fingerprint density at radius 2 is 1.91 bits per heavy atom. The van der Waals surface area contributed by atoms with Crippen LogP contribution < -0.4 is 20.9 Å². The summed E-state index contributed by atoms with van der Waals surface area (Å²) in [4.78, 5) is 44.8. The van der Waals surface area contributed by atoms with Gasteiger partial charge in [-0.1, -0.05) is 6.07 Å². The number of aliphatic hydroxyl groups is 1. The molecule has 5 N–H and O–H groups in total. The number of nitrogens with two attached hydrogens (primary N) is 1. The van der Waals surface area contributed by atoms with Gasteiger partial charge in [0.15, 0.2) is 12.2 Å². The largest absolute Gasteiger partial charge is 0.382 e. The molecule has 0 bridgehead atoms. The van der Waals surface area contributed by atoms with E-state index in [2.05, 4.69) is 10.3 Å². The molecule has 1 aromatic carbocycles. The molecule has 12 heteroatoms. The number of amidine groups is 1. The van der Waals surface area contributed by atoms with Crippen molar-refractivity contribution in [1.29, 1.82) is 5.41 Å². The number of aliphatic hydroxyl groups excluding tert-OH is 1. The fourth-order valence-corrected chi connectivity index (χ4v) is 3.69. The third kappa shape index (κ3) is 4.88. The van der Waals surface area contributed by atoms with Gasteiger partial charge in [-0.25, -0.2) is 0 Å². The molecule has 0 saturated carbocycles. The van der Waals surface area contributed by atoms with Crippen LogP contribution in [0.15, 0.2) is 42.6 Å². The highest BCUT2D eigenvalue weighted by Crippen LogP contribution is 2.26. The van der Waals surface area contributed by atoms with Crippen molar-refractivity contribution in [2.75, 3.05) is 48.0 Å². The molecule has 0 aliphatic carbocycles. The Morgan fingerprint density at radius 1 is 1.18 bits per heavy atom. The summed E-state index contributed by atoms with van der Waals surface area (Å²) >= 11 is 0. The molecule has 3 heterocycles. The number of hydrogen-bond acceptors (Lipinski definition) is 8. The van der Waals surface area contributed by atoms with E-state index in [1.807, 2.05) is 0 Å². The second-order valence-corrected chi connectivity index (χ2v) is 7.68. The van der Waals surface area contributed by atoms with Gasteiger partial charge in [0.25, 0.3) is 17.7 Å². The molecule has 2 aromatic rings. The summed E-state index contributed by atoms with van der Waals surface area (Å²) in [6, 6.07) is 9.83. The Bertz CT molecular complexity index is 1110. The van der Waals surface area contributed by atoms with Gasteiger partial charge in [0, 0.05) is 24.5 Å². The normalized spacial score (nSPS) is 19.6. The van der Waals surface area contributed by atoms with E-state index in [0.717, 1.165) is 0 Å². The highest BCUT2D eigenvalue weighted by atomic mass is 16.5. The number of carbonyl (C=O) groups is 3. The lowest BCUT2D eigenvalue weighted by Gasteiger charge is -2.35. The number of nitrogen functional groups attached to an aromatic ring is 1. The van der Waals surface area contributed by atoms with E-state index >= 15 is 0 Å². The van der Waals surface area contributed by atoms with Crippen LogP contribution in [-0.2, 0) is 23.9 Å². The number of anilines is 3. The monoisotopic (exact) mass is 468 g/mol. The molecule has 3 amide bonds. The molecule has 4 rings (SSSR count). The summed E-state index contributed by atoms with van der Waals surface area (Å²) in [5, 5.41) is 20.4. The molecule has 0 radical (unpaired) electrons. The van der Waals surface area contributed by atoms with Gasteiger partial charge in [-0.3, -0.25) is 24.8 Å². The van der Waals surface area contributed by atoms with Crippen LogP contribution >= 0.6 is 0 Å². The molecule has 2 aliphatic heterocycles. The Balaban J connectivity index is 1.46. The molecule has 34 heavy (non-hydrogen) atoms. The average Bonchev–Trinajstić information content (AvgIpc) is 2.84. The maximum atomic E-state index is 13.1. The van der Waals surface area contributed by atoms with E-state index in [1.54, 1.807) is 29.2 Å². The van der Waals surface area contributed by atoms with Crippen LogP contribution in [0.5, 0.6) is 0 Å². The second-order valence-electron chi connectivity index (χ2n) is 7.68. The second kappa shape index (κ2) is 9.95. The molecule has 1 aromatic heterocycles. The number of pyridine rings is 1. The summed E-state index contributed by atoms with van der Waals surface area (Å²) < 4.78 is 10.6. The third-order valence-corrected chi connectivity index (χ3v) is 5.42. The quantitative estimate of drug-likeness (QED) is 0.323. The van der Waals surface area contributed by atoms with Gasteiger partial charge in [-0.05, 0) is 30.3 Å². The topological polar surface area (TPSA) is 171 Å². The fourth-order valence-electron chi connectivity index (χ4n) is 3.69. The zero-order chi connectivity index (χ0) is 24.2. The summed E-state index contributed by atoms with van der Waals surface area (Å²) in [7, 11) is 0. The number of amides is 3. The lowest BCUT2D eigenvalue weighted by molar-refractivity contribution is -0.150. The number of nitrogens with zero attached hydrogens (tertiary/aromatic N) is 3. The van der Waals surface area contributed by atoms with Crippen molar-refractivity contribution >= 4 is 40.6 Å². The first-order valence-electron chi connectivity index (χ1n) is 10.6. The van der Waals surface area contributed by atoms with Gasteiger partial charge >= 0.3 is 0 Å². The van der Waals surface area contributed by atoms with Gasteiger partial charge in [0.05, 0.1) is 25.1 Å².